The molecule has 0 unspecified atom stereocenters. The van der Waals surface area contributed by atoms with Gasteiger partial charge >= 0.3 is 0 Å². The number of likely N-dealkylation sites (N-methyl/N-ethyl adjacent to an activating group) is 1. The zero-order valence-corrected chi connectivity index (χ0v) is 17.5. The van der Waals surface area contributed by atoms with Crippen molar-refractivity contribution in [2.75, 3.05) is 13.6 Å². The zero-order chi connectivity index (χ0) is 19.8. The van der Waals surface area contributed by atoms with Crippen molar-refractivity contribution in [3.63, 3.8) is 0 Å². The summed E-state index contributed by atoms with van der Waals surface area (Å²) in [6, 6.07) is 16.8. The van der Waals surface area contributed by atoms with Crippen LogP contribution in [0.1, 0.15) is 21.8 Å². The Balaban J connectivity index is 1.46. The van der Waals surface area contributed by atoms with Gasteiger partial charge in [0.15, 0.2) is 0 Å². The quantitative estimate of drug-likeness (QED) is 0.534. The van der Waals surface area contributed by atoms with Gasteiger partial charge in [-0.1, -0.05) is 36.4 Å². The van der Waals surface area contributed by atoms with Crippen molar-refractivity contribution >= 4 is 22.2 Å². The minimum Gasteiger partial charge on any atom is -0.392 e. The first-order chi connectivity index (χ1) is 14.2. The molecule has 0 saturated carbocycles. The number of aromatic nitrogens is 2. The van der Waals surface area contributed by atoms with Gasteiger partial charge in [0.25, 0.3) is 0 Å². The van der Waals surface area contributed by atoms with Gasteiger partial charge in [-0.25, -0.2) is 4.98 Å². The average Bonchev–Trinajstić information content (AvgIpc) is 3.35. The van der Waals surface area contributed by atoms with Crippen molar-refractivity contribution in [1.29, 1.82) is 0 Å². The molecule has 0 bridgehead atoms. The van der Waals surface area contributed by atoms with Crippen molar-refractivity contribution in [2.24, 2.45) is 0 Å². The SMILES string of the molecule is CN1CCc2c(c3cc(CO)ccc3n2CCc2nc(-c3ccccc3)cs2)C1. The minimum absolute atomic E-state index is 0.0904. The van der Waals surface area contributed by atoms with E-state index < -0.39 is 0 Å². The summed E-state index contributed by atoms with van der Waals surface area (Å²) < 4.78 is 2.49. The molecule has 1 aliphatic rings. The third-order valence-electron chi connectivity index (χ3n) is 5.86. The first-order valence-corrected chi connectivity index (χ1v) is 11.0. The Hall–Kier alpha value is -2.47. The lowest BCUT2D eigenvalue weighted by molar-refractivity contribution is 0.282. The Morgan fingerprint density at radius 2 is 2.00 bits per heavy atom. The Bertz CT molecular complexity index is 1150. The van der Waals surface area contributed by atoms with Crippen LogP contribution in [0.15, 0.2) is 53.9 Å². The number of fused-ring (bicyclic) bond motifs is 3. The maximum atomic E-state index is 9.58. The van der Waals surface area contributed by atoms with Gasteiger partial charge in [0.1, 0.15) is 0 Å². The van der Waals surface area contributed by atoms with Gasteiger partial charge in [0.2, 0.25) is 0 Å². The standard InChI is InChI=1S/C24H25N3OS/c1-26-11-9-23-20(14-26)19-13-17(15-28)7-8-22(19)27(23)12-10-24-25-21(16-29-24)18-5-3-2-4-6-18/h2-8,13,16,28H,9-12,14-15H2,1H3. The maximum Gasteiger partial charge on any atom is 0.0950 e. The van der Waals surface area contributed by atoms with E-state index in [2.05, 4.69) is 58.3 Å². The molecule has 29 heavy (non-hydrogen) atoms. The highest BCUT2D eigenvalue weighted by Crippen LogP contribution is 2.32. The topological polar surface area (TPSA) is 41.3 Å². The predicted octanol–water partition coefficient (Wildman–Crippen LogP) is 4.49. The number of hydrogen-bond acceptors (Lipinski definition) is 4. The van der Waals surface area contributed by atoms with E-state index in [-0.39, 0.29) is 6.61 Å². The first kappa shape index (κ1) is 18.6. The average molecular weight is 404 g/mol. The molecule has 0 aliphatic carbocycles. The first-order valence-electron chi connectivity index (χ1n) is 10.1. The van der Waals surface area contributed by atoms with Crippen molar-refractivity contribution < 1.29 is 5.11 Å². The van der Waals surface area contributed by atoms with Gasteiger partial charge in [0, 0.05) is 60.0 Å². The van der Waals surface area contributed by atoms with Gasteiger partial charge in [0.05, 0.1) is 17.3 Å². The van der Waals surface area contributed by atoms with Crippen LogP contribution in [-0.2, 0) is 32.5 Å². The molecule has 1 N–H and O–H groups in total. The minimum atomic E-state index is 0.0904. The van der Waals surface area contributed by atoms with Gasteiger partial charge in [-0.2, -0.15) is 0 Å². The third kappa shape index (κ3) is 3.50. The fraction of sp³-hybridized carbons (Fsp3) is 0.292. The summed E-state index contributed by atoms with van der Waals surface area (Å²) in [6.07, 6.45) is 2.01. The Morgan fingerprint density at radius 3 is 2.83 bits per heavy atom. The third-order valence-corrected chi connectivity index (χ3v) is 6.77. The van der Waals surface area contributed by atoms with Gasteiger partial charge in [-0.3, -0.25) is 0 Å². The van der Waals surface area contributed by atoms with E-state index in [0.717, 1.165) is 43.7 Å². The normalized spacial score (nSPS) is 14.4. The number of hydrogen-bond donors (Lipinski definition) is 1. The van der Waals surface area contributed by atoms with E-state index in [1.54, 1.807) is 11.3 Å². The van der Waals surface area contributed by atoms with Crippen molar-refractivity contribution in [1.82, 2.24) is 14.5 Å². The molecule has 5 rings (SSSR count). The molecule has 2 aromatic carbocycles. The highest BCUT2D eigenvalue weighted by molar-refractivity contribution is 7.09. The second-order valence-corrected chi connectivity index (χ2v) is 8.76. The van der Waals surface area contributed by atoms with Crippen LogP contribution in [0.5, 0.6) is 0 Å². The summed E-state index contributed by atoms with van der Waals surface area (Å²) in [5, 5.41) is 14.2. The second kappa shape index (κ2) is 7.75. The van der Waals surface area contributed by atoms with Crippen molar-refractivity contribution in [3.8, 4) is 11.3 Å². The number of aryl methyl sites for hydroxylation is 2. The lowest BCUT2D eigenvalue weighted by Crippen LogP contribution is -2.27. The number of thiazole rings is 1. The zero-order valence-electron chi connectivity index (χ0n) is 16.6. The summed E-state index contributed by atoms with van der Waals surface area (Å²) >= 11 is 1.75. The number of nitrogens with zero attached hydrogens (tertiary/aromatic N) is 3. The van der Waals surface area contributed by atoms with Crippen LogP contribution in [0.4, 0.5) is 0 Å². The molecule has 0 atom stereocenters. The van der Waals surface area contributed by atoms with E-state index in [1.807, 2.05) is 12.1 Å². The monoisotopic (exact) mass is 403 g/mol. The van der Waals surface area contributed by atoms with Crippen LogP contribution >= 0.6 is 11.3 Å². The number of aliphatic hydroxyl groups is 1. The largest absolute Gasteiger partial charge is 0.392 e. The van der Waals surface area contributed by atoms with E-state index in [1.165, 1.54) is 32.7 Å². The summed E-state index contributed by atoms with van der Waals surface area (Å²) in [4.78, 5) is 7.26. The van der Waals surface area contributed by atoms with E-state index in [0.29, 0.717) is 0 Å². The maximum absolute atomic E-state index is 9.58. The molecular weight excluding hydrogens is 378 g/mol. The van der Waals surface area contributed by atoms with Crippen LogP contribution in [-0.4, -0.2) is 33.1 Å². The molecule has 4 nitrogen and oxygen atoms in total. The molecule has 3 heterocycles. The Morgan fingerprint density at radius 1 is 1.14 bits per heavy atom. The van der Waals surface area contributed by atoms with Crippen LogP contribution in [0, 0.1) is 0 Å². The molecule has 0 saturated heterocycles. The lowest BCUT2D eigenvalue weighted by atomic mass is 10.0. The molecule has 0 amide bonds. The van der Waals surface area contributed by atoms with Gasteiger partial charge in [-0.15, -0.1) is 11.3 Å². The van der Waals surface area contributed by atoms with E-state index >= 15 is 0 Å². The van der Waals surface area contributed by atoms with Gasteiger partial charge < -0.3 is 14.6 Å². The molecule has 2 aromatic heterocycles. The van der Waals surface area contributed by atoms with Crippen LogP contribution in [0.3, 0.4) is 0 Å². The molecule has 0 spiro atoms. The predicted molar refractivity (Wildman–Crippen MR) is 119 cm³/mol. The van der Waals surface area contributed by atoms with Crippen LogP contribution in [0.25, 0.3) is 22.2 Å². The van der Waals surface area contributed by atoms with Crippen molar-refractivity contribution in [3.05, 3.63) is 75.7 Å². The number of rotatable bonds is 5. The molecule has 148 valence electrons. The Kier molecular flexibility index (Phi) is 4.96. The van der Waals surface area contributed by atoms with E-state index in [4.69, 9.17) is 4.98 Å². The fourth-order valence-corrected chi connectivity index (χ4v) is 5.16. The highest BCUT2D eigenvalue weighted by atomic mass is 32.1. The van der Waals surface area contributed by atoms with Crippen LogP contribution in [0.2, 0.25) is 0 Å². The second-order valence-electron chi connectivity index (χ2n) is 7.82. The summed E-state index contributed by atoms with van der Waals surface area (Å²) in [7, 11) is 2.18. The molecular formula is C24H25N3OS. The lowest BCUT2D eigenvalue weighted by Gasteiger charge is -2.24. The molecule has 1 aliphatic heterocycles. The number of aliphatic hydroxyl groups excluding tert-OH is 1. The molecule has 0 fully saturated rings. The molecule has 5 heteroatoms. The fourth-order valence-electron chi connectivity index (χ4n) is 4.36. The summed E-state index contributed by atoms with van der Waals surface area (Å²) in [6.45, 7) is 3.09. The molecule has 4 aromatic rings. The summed E-state index contributed by atoms with van der Waals surface area (Å²) in [5.41, 5.74) is 7.39. The van der Waals surface area contributed by atoms with Gasteiger partial charge in [-0.05, 0) is 30.3 Å². The molecule has 0 radical (unpaired) electrons. The van der Waals surface area contributed by atoms with Crippen molar-refractivity contribution in [2.45, 2.75) is 32.5 Å². The smallest absolute Gasteiger partial charge is 0.0950 e. The van der Waals surface area contributed by atoms with E-state index in [9.17, 15) is 5.11 Å². The van der Waals surface area contributed by atoms with Crippen LogP contribution < -0.4 is 0 Å². The number of benzene rings is 2. The summed E-state index contributed by atoms with van der Waals surface area (Å²) in [5.74, 6) is 0. The highest BCUT2D eigenvalue weighted by Gasteiger charge is 2.22. The Labute approximate surface area is 175 Å².